The maximum absolute atomic E-state index is 9.36. The molecule has 1 N–H and O–H groups in total. The summed E-state index contributed by atoms with van der Waals surface area (Å²) >= 11 is 1.89. The van der Waals surface area contributed by atoms with Crippen LogP contribution in [0, 0.1) is 11.3 Å². The number of nitrogens with zero attached hydrogens (tertiary/aromatic N) is 1. The van der Waals surface area contributed by atoms with Crippen molar-refractivity contribution in [3.8, 4) is 6.07 Å². The van der Waals surface area contributed by atoms with Crippen molar-refractivity contribution in [3.05, 3.63) is 29.3 Å². The Bertz CT molecular complexity index is 491. The summed E-state index contributed by atoms with van der Waals surface area (Å²) in [5.41, 5.74) is 2.12. The highest BCUT2D eigenvalue weighted by molar-refractivity contribution is 8.00. The van der Waals surface area contributed by atoms with Crippen molar-refractivity contribution in [2.24, 2.45) is 0 Å². The first-order chi connectivity index (χ1) is 9.48. The van der Waals surface area contributed by atoms with Crippen LogP contribution in [0.3, 0.4) is 0 Å². The lowest BCUT2D eigenvalue weighted by Crippen LogP contribution is -2.35. The molecule has 108 valence electrons. The van der Waals surface area contributed by atoms with Crippen molar-refractivity contribution in [1.82, 2.24) is 5.32 Å². The smallest absolute Gasteiger partial charge is 0.100 e. The molecule has 0 atom stereocenters. The number of thioether (sulfide) groups is 1. The molecule has 2 rings (SSSR count). The van der Waals surface area contributed by atoms with Crippen LogP contribution < -0.4 is 5.32 Å². The third kappa shape index (κ3) is 4.54. The van der Waals surface area contributed by atoms with E-state index in [9.17, 15) is 5.26 Å². The third-order valence-electron chi connectivity index (χ3n) is 3.58. The molecular weight excluding hydrogens is 264 g/mol. The maximum atomic E-state index is 9.36. The topological polar surface area (TPSA) is 35.8 Å². The van der Waals surface area contributed by atoms with E-state index in [0.29, 0.717) is 5.25 Å². The van der Waals surface area contributed by atoms with Gasteiger partial charge in [0, 0.05) is 22.2 Å². The molecule has 1 aliphatic carbocycles. The Labute approximate surface area is 127 Å². The highest BCUT2D eigenvalue weighted by Gasteiger charge is 2.18. The number of rotatable bonds is 4. The summed E-state index contributed by atoms with van der Waals surface area (Å²) < 4.78 is 0. The van der Waals surface area contributed by atoms with E-state index in [1.807, 2.05) is 17.8 Å². The van der Waals surface area contributed by atoms with Crippen LogP contribution in [0.15, 0.2) is 23.1 Å². The first-order valence-corrected chi connectivity index (χ1v) is 8.30. The van der Waals surface area contributed by atoms with E-state index in [-0.39, 0.29) is 5.54 Å². The van der Waals surface area contributed by atoms with Gasteiger partial charge in [0.1, 0.15) is 6.07 Å². The second-order valence-corrected chi connectivity index (χ2v) is 7.91. The molecule has 0 saturated heterocycles. The molecule has 20 heavy (non-hydrogen) atoms. The standard InChI is InChI=1S/C17H24N2S/c1-17(2,3)19-12-13-8-9-16(14(10-13)11-18)20-15-6-4-5-7-15/h8-10,15,19H,4-7,12H2,1-3H3. The highest BCUT2D eigenvalue weighted by Crippen LogP contribution is 2.36. The fourth-order valence-electron chi connectivity index (χ4n) is 2.43. The molecule has 0 heterocycles. The zero-order valence-corrected chi connectivity index (χ0v) is 13.5. The fraction of sp³-hybridized carbons (Fsp3) is 0.588. The molecule has 1 saturated carbocycles. The third-order valence-corrected chi connectivity index (χ3v) is 5.00. The molecule has 1 aromatic rings. The fourth-order valence-corrected chi connectivity index (χ4v) is 3.74. The molecule has 0 unspecified atom stereocenters. The predicted molar refractivity (Wildman–Crippen MR) is 85.9 cm³/mol. The molecule has 0 radical (unpaired) electrons. The largest absolute Gasteiger partial charge is 0.308 e. The van der Waals surface area contributed by atoms with Gasteiger partial charge in [-0.05, 0) is 51.3 Å². The molecule has 3 heteroatoms. The minimum atomic E-state index is 0.101. The Kier molecular flexibility index (Phi) is 5.12. The summed E-state index contributed by atoms with van der Waals surface area (Å²) in [6.45, 7) is 7.28. The Morgan fingerprint density at radius 1 is 1.30 bits per heavy atom. The van der Waals surface area contributed by atoms with Crippen LogP contribution in [0.1, 0.15) is 57.6 Å². The minimum Gasteiger partial charge on any atom is -0.308 e. The summed E-state index contributed by atoms with van der Waals surface area (Å²) in [4.78, 5) is 1.15. The average Bonchev–Trinajstić information content (AvgIpc) is 2.89. The van der Waals surface area contributed by atoms with Crippen LogP contribution in [-0.2, 0) is 6.54 Å². The first kappa shape index (κ1) is 15.4. The number of hydrogen-bond acceptors (Lipinski definition) is 3. The van der Waals surface area contributed by atoms with Gasteiger partial charge < -0.3 is 5.32 Å². The van der Waals surface area contributed by atoms with Gasteiger partial charge in [-0.3, -0.25) is 0 Å². The van der Waals surface area contributed by atoms with Crippen molar-refractivity contribution in [2.45, 2.75) is 68.7 Å². The zero-order chi connectivity index (χ0) is 14.6. The van der Waals surface area contributed by atoms with Gasteiger partial charge in [0.15, 0.2) is 0 Å². The number of nitriles is 1. The van der Waals surface area contributed by atoms with Crippen LogP contribution >= 0.6 is 11.8 Å². The van der Waals surface area contributed by atoms with E-state index < -0.39 is 0 Å². The molecule has 2 nitrogen and oxygen atoms in total. The van der Waals surface area contributed by atoms with Gasteiger partial charge >= 0.3 is 0 Å². The van der Waals surface area contributed by atoms with E-state index in [4.69, 9.17) is 0 Å². The van der Waals surface area contributed by atoms with E-state index in [0.717, 1.165) is 17.0 Å². The van der Waals surface area contributed by atoms with E-state index in [2.05, 4.69) is 44.3 Å². The van der Waals surface area contributed by atoms with Crippen LogP contribution in [-0.4, -0.2) is 10.8 Å². The van der Waals surface area contributed by atoms with Gasteiger partial charge in [-0.1, -0.05) is 18.9 Å². The molecule has 1 aromatic carbocycles. The molecule has 0 bridgehead atoms. The number of benzene rings is 1. The molecule has 0 spiro atoms. The lowest BCUT2D eigenvalue weighted by molar-refractivity contribution is 0.424. The van der Waals surface area contributed by atoms with Crippen molar-refractivity contribution in [3.63, 3.8) is 0 Å². The van der Waals surface area contributed by atoms with E-state index in [1.165, 1.54) is 31.2 Å². The Morgan fingerprint density at radius 3 is 2.60 bits per heavy atom. The van der Waals surface area contributed by atoms with Crippen LogP contribution in [0.4, 0.5) is 0 Å². The molecule has 0 aromatic heterocycles. The summed E-state index contributed by atoms with van der Waals surface area (Å²) in [6, 6.07) is 8.67. The molecular formula is C17H24N2S. The van der Waals surface area contributed by atoms with Crippen LogP contribution in [0.5, 0.6) is 0 Å². The van der Waals surface area contributed by atoms with E-state index >= 15 is 0 Å². The number of nitrogens with one attached hydrogen (secondary N) is 1. The van der Waals surface area contributed by atoms with Gasteiger partial charge in [0.25, 0.3) is 0 Å². The van der Waals surface area contributed by atoms with Gasteiger partial charge in [-0.2, -0.15) is 5.26 Å². The summed E-state index contributed by atoms with van der Waals surface area (Å²) in [5.74, 6) is 0. The molecule has 0 amide bonds. The monoisotopic (exact) mass is 288 g/mol. The Morgan fingerprint density at radius 2 is 2.00 bits per heavy atom. The zero-order valence-electron chi connectivity index (χ0n) is 12.7. The summed E-state index contributed by atoms with van der Waals surface area (Å²) in [7, 11) is 0. The molecule has 0 aliphatic heterocycles. The Hall–Kier alpha value is -0.980. The second-order valence-electron chi connectivity index (χ2n) is 6.57. The van der Waals surface area contributed by atoms with Crippen molar-refractivity contribution >= 4 is 11.8 Å². The van der Waals surface area contributed by atoms with Crippen LogP contribution in [0.2, 0.25) is 0 Å². The summed E-state index contributed by atoms with van der Waals surface area (Å²) in [5, 5.41) is 13.5. The lowest BCUT2D eigenvalue weighted by Gasteiger charge is -2.21. The lowest BCUT2D eigenvalue weighted by atomic mass is 10.1. The van der Waals surface area contributed by atoms with Crippen molar-refractivity contribution in [1.29, 1.82) is 5.26 Å². The first-order valence-electron chi connectivity index (χ1n) is 7.43. The average molecular weight is 288 g/mol. The predicted octanol–water partition coefficient (Wildman–Crippen LogP) is 4.48. The van der Waals surface area contributed by atoms with Crippen molar-refractivity contribution < 1.29 is 0 Å². The van der Waals surface area contributed by atoms with Gasteiger partial charge in [0.05, 0.1) is 5.56 Å². The quantitative estimate of drug-likeness (QED) is 0.887. The van der Waals surface area contributed by atoms with E-state index in [1.54, 1.807) is 0 Å². The molecule has 1 fully saturated rings. The van der Waals surface area contributed by atoms with Crippen molar-refractivity contribution in [2.75, 3.05) is 0 Å². The van der Waals surface area contributed by atoms with Gasteiger partial charge in [-0.25, -0.2) is 0 Å². The van der Waals surface area contributed by atoms with Crippen LogP contribution in [0.25, 0.3) is 0 Å². The summed E-state index contributed by atoms with van der Waals surface area (Å²) in [6.07, 6.45) is 5.27. The number of hydrogen-bond donors (Lipinski definition) is 1. The minimum absolute atomic E-state index is 0.101. The molecule has 1 aliphatic rings. The SMILES string of the molecule is CC(C)(C)NCc1ccc(SC2CCCC2)c(C#N)c1. The van der Waals surface area contributed by atoms with Gasteiger partial charge in [0.2, 0.25) is 0 Å². The normalized spacial score (nSPS) is 16.3. The maximum Gasteiger partial charge on any atom is 0.100 e. The highest BCUT2D eigenvalue weighted by atomic mass is 32.2. The van der Waals surface area contributed by atoms with Gasteiger partial charge in [-0.15, -0.1) is 11.8 Å². The Balaban J connectivity index is 2.05. The second kappa shape index (κ2) is 6.65.